The Balaban J connectivity index is 3.11. The van der Waals surface area contributed by atoms with Gasteiger partial charge < -0.3 is 10.4 Å². The van der Waals surface area contributed by atoms with Gasteiger partial charge in [-0.1, -0.05) is 0 Å². The Kier molecular flexibility index (Phi) is 2.98. The van der Waals surface area contributed by atoms with E-state index in [-0.39, 0.29) is 10.4 Å². The summed E-state index contributed by atoms with van der Waals surface area (Å²) in [4.78, 5) is 21.2. The molecule has 15 heavy (non-hydrogen) atoms. The summed E-state index contributed by atoms with van der Waals surface area (Å²) in [7, 11) is 0. The number of rotatable bonds is 3. The zero-order valence-electron chi connectivity index (χ0n) is 7.57. The monoisotopic (exact) mass is 219 g/mol. The second kappa shape index (κ2) is 4.03. The van der Waals surface area contributed by atoms with Gasteiger partial charge in [0.05, 0.1) is 11.9 Å². The maximum absolute atomic E-state index is 12.2. The van der Waals surface area contributed by atoms with Gasteiger partial charge in [0.2, 0.25) is 5.91 Å². The molecule has 0 unspecified atom stereocenters. The van der Waals surface area contributed by atoms with Crippen LogP contribution in [0.2, 0.25) is 0 Å². The fourth-order valence-electron chi connectivity index (χ4n) is 0.931. The van der Waals surface area contributed by atoms with Gasteiger partial charge in [-0.05, 0) is 0 Å². The van der Waals surface area contributed by atoms with Gasteiger partial charge in [-0.2, -0.15) is 13.9 Å². The van der Waals surface area contributed by atoms with Crippen LogP contribution < -0.4 is 5.32 Å². The van der Waals surface area contributed by atoms with E-state index in [0.29, 0.717) is 0 Å². The van der Waals surface area contributed by atoms with Crippen LogP contribution in [0, 0.1) is 0 Å². The molecule has 0 radical (unpaired) electrons. The van der Waals surface area contributed by atoms with Crippen LogP contribution in [0.1, 0.15) is 24.0 Å². The number of carbonyl (C=O) groups is 2. The lowest BCUT2D eigenvalue weighted by molar-refractivity contribution is -0.114. The molecule has 1 aromatic rings. The van der Waals surface area contributed by atoms with Crippen LogP contribution in [0.15, 0.2) is 6.20 Å². The minimum absolute atomic E-state index is 0.161. The first-order valence-electron chi connectivity index (χ1n) is 3.80. The van der Waals surface area contributed by atoms with Gasteiger partial charge in [0.1, 0.15) is 0 Å². The molecule has 0 atom stereocenters. The molecule has 0 spiro atoms. The van der Waals surface area contributed by atoms with Gasteiger partial charge in [-0.15, -0.1) is 0 Å². The number of anilines is 1. The second-order valence-corrected chi connectivity index (χ2v) is 2.64. The maximum atomic E-state index is 12.2. The van der Waals surface area contributed by atoms with Crippen LogP contribution in [-0.2, 0) is 4.79 Å². The van der Waals surface area contributed by atoms with Gasteiger partial charge in [0.25, 0.3) is 0 Å². The number of carbonyl (C=O) groups excluding carboxylic acids is 1. The molecular formula is C7H7F2N3O3. The third kappa shape index (κ3) is 2.48. The molecule has 0 fully saturated rings. The minimum atomic E-state index is -2.95. The topological polar surface area (TPSA) is 84.2 Å². The highest BCUT2D eigenvalue weighted by molar-refractivity contribution is 5.98. The molecule has 82 valence electrons. The standard InChI is InChI=1S/C7H7F2N3O3/c1-3(13)10-4-2-12(7(8)9)11-5(4)6(14)15/h2,7H,1H3,(H,10,13)(H,14,15). The Bertz CT molecular complexity index is 402. The van der Waals surface area contributed by atoms with Crippen molar-refractivity contribution < 1.29 is 23.5 Å². The SMILES string of the molecule is CC(=O)Nc1cn(C(F)F)nc1C(=O)O. The van der Waals surface area contributed by atoms with E-state index < -0.39 is 24.1 Å². The van der Waals surface area contributed by atoms with E-state index in [9.17, 15) is 18.4 Å². The Morgan fingerprint density at radius 3 is 2.60 bits per heavy atom. The molecule has 0 bridgehead atoms. The Labute approximate surface area is 82.5 Å². The number of nitrogens with one attached hydrogen (secondary N) is 1. The fourth-order valence-corrected chi connectivity index (χ4v) is 0.931. The zero-order valence-corrected chi connectivity index (χ0v) is 7.57. The average Bonchev–Trinajstić information content (AvgIpc) is 2.46. The largest absolute Gasteiger partial charge is 0.476 e. The molecule has 6 nitrogen and oxygen atoms in total. The first kappa shape index (κ1) is 11.1. The highest BCUT2D eigenvalue weighted by atomic mass is 19.3. The van der Waals surface area contributed by atoms with E-state index in [0.717, 1.165) is 13.1 Å². The van der Waals surface area contributed by atoms with Crippen molar-refractivity contribution in [1.82, 2.24) is 9.78 Å². The third-order valence-corrected chi connectivity index (χ3v) is 1.45. The third-order valence-electron chi connectivity index (χ3n) is 1.45. The average molecular weight is 219 g/mol. The summed E-state index contributed by atoms with van der Waals surface area (Å²) >= 11 is 0. The molecule has 8 heteroatoms. The Morgan fingerprint density at radius 1 is 1.60 bits per heavy atom. The van der Waals surface area contributed by atoms with Crippen LogP contribution in [-0.4, -0.2) is 26.8 Å². The van der Waals surface area contributed by atoms with Crippen LogP contribution in [0.25, 0.3) is 0 Å². The predicted molar refractivity (Wildman–Crippen MR) is 44.7 cm³/mol. The summed E-state index contributed by atoms with van der Waals surface area (Å²) in [5.41, 5.74) is -0.874. The van der Waals surface area contributed by atoms with Gasteiger partial charge >= 0.3 is 12.5 Å². The number of aromatic nitrogens is 2. The van der Waals surface area contributed by atoms with Crippen LogP contribution >= 0.6 is 0 Å². The smallest absolute Gasteiger partial charge is 0.358 e. The lowest BCUT2D eigenvalue weighted by atomic mass is 10.3. The normalized spacial score (nSPS) is 10.4. The predicted octanol–water partition coefficient (Wildman–Crippen LogP) is 0.935. The quantitative estimate of drug-likeness (QED) is 0.792. The van der Waals surface area contributed by atoms with Gasteiger partial charge in [0, 0.05) is 6.92 Å². The Hall–Kier alpha value is -1.99. The van der Waals surface area contributed by atoms with Crippen molar-refractivity contribution in [2.45, 2.75) is 13.5 Å². The molecule has 1 heterocycles. The first-order chi connectivity index (χ1) is 6.91. The summed E-state index contributed by atoms with van der Waals surface area (Å²) in [6.07, 6.45) is 0.759. The number of hydrogen-bond donors (Lipinski definition) is 2. The van der Waals surface area contributed by atoms with Gasteiger partial charge in [-0.25, -0.2) is 9.48 Å². The van der Waals surface area contributed by atoms with Crippen molar-refractivity contribution >= 4 is 17.6 Å². The highest BCUT2D eigenvalue weighted by Gasteiger charge is 2.19. The summed E-state index contributed by atoms with van der Waals surface area (Å²) in [5.74, 6) is -2.05. The van der Waals surface area contributed by atoms with E-state index in [1.807, 2.05) is 0 Å². The van der Waals surface area contributed by atoms with E-state index in [4.69, 9.17) is 5.11 Å². The molecule has 0 aliphatic heterocycles. The molecule has 0 saturated heterocycles. The molecule has 1 amide bonds. The van der Waals surface area contributed by atoms with Crippen molar-refractivity contribution in [1.29, 1.82) is 0 Å². The number of nitrogens with zero attached hydrogens (tertiary/aromatic N) is 2. The molecule has 0 aliphatic carbocycles. The molecule has 0 aliphatic rings. The van der Waals surface area contributed by atoms with Crippen molar-refractivity contribution in [3.05, 3.63) is 11.9 Å². The van der Waals surface area contributed by atoms with E-state index in [2.05, 4.69) is 10.4 Å². The fraction of sp³-hybridized carbons (Fsp3) is 0.286. The molecule has 1 aromatic heterocycles. The summed E-state index contributed by atoms with van der Waals surface area (Å²) in [6.45, 7) is -1.82. The number of halogens is 2. The minimum Gasteiger partial charge on any atom is -0.476 e. The second-order valence-electron chi connectivity index (χ2n) is 2.64. The van der Waals surface area contributed by atoms with Crippen molar-refractivity contribution in [3.8, 4) is 0 Å². The molecule has 1 rings (SSSR count). The van der Waals surface area contributed by atoms with Crippen LogP contribution in [0.4, 0.5) is 14.5 Å². The molecule has 0 aromatic carbocycles. The zero-order chi connectivity index (χ0) is 11.6. The molecular weight excluding hydrogens is 212 g/mol. The van der Waals surface area contributed by atoms with E-state index in [1.54, 1.807) is 0 Å². The van der Waals surface area contributed by atoms with Gasteiger partial charge in [0.15, 0.2) is 5.69 Å². The number of aromatic carboxylic acids is 1. The van der Waals surface area contributed by atoms with Crippen LogP contribution in [0.5, 0.6) is 0 Å². The van der Waals surface area contributed by atoms with Crippen LogP contribution in [0.3, 0.4) is 0 Å². The maximum Gasteiger partial charge on any atom is 0.358 e. The van der Waals surface area contributed by atoms with Crippen molar-refractivity contribution in [2.24, 2.45) is 0 Å². The van der Waals surface area contributed by atoms with E-state index >= 15 is 0 Å². The number of carboxylic acid groups (broad SMARTS) is 1. The molecule has 0 saturated carbocycles. The molecule has 2 N–H and O–H groups in total. The number of hydrogen-bond acceptors (Lipinski definition) is 3. The lowest BCUT2D eigenvalue weighted by Crippen LogP contribution is -2.09. The summed E-state index contributed by atoms with van der Waals surface area (Å²) < 4.78 is 24.5. The van der Waals surface area contributed by atoms with Crippen molar-refractivity contribution in [2.75, 3.05) is 5.32 Å². The summed E-state index contributed by atoms with van der Waals surface area (Å²) in [5, 5.41) is 13.8. The number of amides is 1. The lowest BCUT2D eigenvalue weighted by Gasteiger charge is -1.97. The first-order valence-corrected chi connectivity index (χ1v) is 3.80. The van der Waals surface area contributed by atoms with Crippen molar-refractivity contribution in [3.63, 3.8) is 0 Å². The van der Waals surface area contributed by atoms with Gasteiger partial charge in [-0.3, -0.25) is 4.79 Å². The highest BCUT2D eigenvalue weighted by Crippen LogP contribution is 2.18. The summed E-state index contributed by atoms with van der Waals surface area (Å²) in [6, 6.07) is 0. The Morgan fingerprint density at radius 2 is 2.20 bits per heavy atom. The number of alkyl halides is 2. The van der Waals surface area contributed by atoms with E-state index in [1.165, 1.54) is 0 Å². The number of carboxylic acids is 1.